The van der Waals surface area contributed by atoms with Gasteiger partial charge < -0.3 is 4.57 Å². The standard InChI is InChI=1S/C8H10N2OS/c1-6(11)7-5-10-3-2-4-12-8(10)9-7/h5H,2-4H2,1H3. The van der Waals surface area contributed by atoms with E-state index in [1.165, 1.54) is 6.42 Å². The lowest BCUT2D eigenvalue weighted by molar-refractivity contribution is 0.101. The fourth-order valence-corrected chi connectivity index (χ4v) is 2.17. The Labute approximate surface area is 75.2 Å². The number of aromatic nitrogens is 2. The van der Waals surface area contributed by atoms with Crippen molar-refractivity contribution in [2.75, 3.05) is 5.75 Å². The SMILES string of the molecule is CC(=O)c1cn2c(n1)SCCC2. The average Bonchev–Trinajstić information content (AvgIpc) is 2.46. The summed E-state index contributed by atoms with van der Waals surface area (Å²) < 4.78 is 2.06. The van der Waals surface area contributed by atoms with E-state index in [0.29, 0.717) is 5.69 Å². The molecule has 0 spiro atoms. The summed E-state index contributed by atoms with van der Waals surface area (Å²) in [6, 6.07) is 0. The summed E-state index contributed by atoms with van der Waals surface area (Å²) >= 11 is 1.73. The lowest BCUT2D eigenvalue weighted by Crippen LogP contribution is -2.05. The van der Waals surface area contributed by atoms with E-state index >= 15 is 0 Å². The van der Waals surface area contributed by atoms with E-state index in [1.807, 2.05) is 6.20 Å². The van der Waals surface area contributed by atoms with E-state index in [9.17, 15) is 4.79 Å². The smallest absolute Gasteiger partial charge is 0.179 e. The zero-order valence-corrected chi connectivity index (χ0v) is 7.73. The van der Waals surface area contributed by atoms with E-state index in [1.54, 1.807) is 18.7 Å². The number of thioether (sulfide) groups is 1. The second-order valence-electron chi connectivity index (χ2n) is 2.86. The van der Waals surface area contributed by atoms with Crippen molar-refractivity contribution >= 4 is 17.5 Å². The molecule has 0 N–H and O–H groups in total. The first-order valence-corrected chi connectivity index (χ1v) is 4.97. The lowest BCUT2D eigenvalue weighted by Gasteiger charge is -2.11. The van der Waals surface area contributed by atoms with E-state index in [2.05, 4.69) is 9.55 Å². The van der Waals surface area contributed by atoms with Gasteiger partial charge in [-0.1, -0.05) is 11.8 Å². The van der Waals surface area contributed by atoms with Crippen LogP contribution in [0.4, 0.5) is 0 Å². The number of Topliss-reactive ketones (excluding diaryl/α,β-unsaturated/α-hetero) is 1. The highest BCUT2D eigenvalue weighted by Gasteiger charge is 2.14. The Kier molecular flexibility index (Phi) is 1.92. The van der Waals surface area contributed by atoms with Crippen LogP contribution in [-0.4, -0.2) is 21.1 Å². The van der Waals surface area contributed by atoms with Crippen LogP contribution in [0.1, 0.15) is 23.8 Å². The molecule has 1 aromatic rings. The number of carbonyl (C=O) groups excluding carboxylic acids is 1. The number of rotatable bonds is 1. The molecule has 0 atom stereocenters. The molecule has 0 fully saturated rings. The minimum Gasteiger partial charge on any atom is -0.325 e. The van der Waals surface area contributed by atoms with Crippen molar-refractivity contribution in [2.45, 2.75) is 25.0 Å². The van der Waals surface area contributed by atoms with Crippen molar-refractivity contribution in [3.05, 3.63) is 11.9 Å². The van der Waals surface area contributed by atoms with Gasteiger partial charge in [0.05, 0.1) is 0 Å². The molecule has 1 aliphatic rings. The lowest BCUT2D eigenvalue weighted by atomic mass is 10.3. The molecule has 1 aliphatic heterocycles. The van der Waals surface area contributed by atoms with Crippen molar-refractivity contribution in [1.82, 2.24) is 9.55 Å². The molecule has 4 heteroatoms. The quantitative estimate of drug-likeness (QED) is 0.618. The second kappa shape index (κ2) is 2.94. The maximum atomic E-state index is 11.0. The summed E-state index contributed by atoms with van der Waals surface area (Å²) in [6.07, 6.45) is 3.02. The van der Waals surface area contributed by atoms with Crippen LogP contribution in [0, 0.1) is 0 Å². The minimum absolute atomic E-state index is 0.0532. The predicted molar refractivity (Wildman–Crippen MR) is 47.6 cm³/mol. The molecular formula is C8H10N2OS. The molecule has 3 nitrogen and oxygen atoms in total. The van der Waals surface area contributed by atoms with Gasteiger partial charge in [0.15, 0.2) is 10.9 Å². The Balaban J connectivity index is 2.38. The van der Waals surface area contributed by atoms with Gasteiger partial charge in [-0.2, -0.15) is 0 Å². The fraction of sp³-hybridized carbons (Fsp3) is 0.500. The highest BCUT2D eigenvalue weighted by molar-refractivity contribution is 7.99. The summed E-state index contributed by atoms with van der Waals surface area (Å²) in [5.41, 5.74) is 0.597. The van der Waals surface area contributed by atoms with Gasteiger partial charge >= 0.3 is 0 Å². The molecule has 0 unspecified atom stereocenters. The second-order valence-corrected chi connectivity index (χ2v) is 3.92. The van der Waals surface area contributed by atoms with Crippen molar-refractivity contribution < 1.29 is 4.79 Å². The average molecular weight is 182 g/mol. The molecule has 0 bridgehead atoms. The van der Waals surface area contributed by atoms with Crippen LogP contribution in [-0.2, 0) is 6.54 Å². The predicted octanol–water partition coefficient (Wildman–Crippen LogP) is 1.58. The monoisotopic (exact) mass is 182 g/mol. The fourth-order valence-electron chi connectivity index (χ4n) is 1.24. The minimum atomic E-state index is 0.0532. The number of ketones is 1. The highest BCUT2D eigenvalue weighted by atomic mass is 32.2. The van der Waals surface area contributed by atoms with Gasteiger partial charge in [-0.05, 0) is 6.42 Å². The van der Waals surface area contributed by atoms with Crippen LogP contribution in [0.25, 0.3) is 0 Å². The maximum Gasteiger partial charge on any atom is 0.179 e. The first kappa shape index (κ1) is 7.86. The molecule has 0 aromatic carbocycles. The van der Waals surface area contributed by atoms with Gasteiger partial charge in [0.25, 0.3) is 0 Å². The number of hydrogen-bond donors (Lipinski definition) is 0. The van der Waals surface area contributed by atoms with E-state index in [-0.39, 0.29) is 5.78 Å². The number of hydrogen-bond acceptors (Lipinski definition) is 3. The number of aryl methyl sites for hydroxylation is 1. The van der Waals surface area contributed by atoms with Crippen molar-refractivity contribution in [3.63, 3.8) is 0 Å². The molecule has 0 saturated heterocycles. The van der Waals surface area contributed by atoms with Crippen molar-refractivity contribution in [1.29, 1.82) is 0 Å². The molecule has 2 heterocycles. The van der Waals surface area contributed by atoms with Crippen LogP contribution in [0.2, 0.25) is 0 Å². The van der Waals surface area contributed by atoms with Crippen LogP contribution in [0.15, 0.2) is 11.4 Å². The first-order chi connectivity index (χ1) is 5.77. The maximum absolute atomic E-state index is 11.0. The van der Waals surface area contributed by atoms with Gasteiger partial charge in [0, 0.05) is 25.4 Å². The molecule has 64 valence electrons. The molecule has 12 heavy (non-hydrogen) atoms. The van der Waals surface area contributed by atoms with Crippen molar-refractivity contribution in [2.24, 2.45) is 0 Å². The van der Waals surface area contributed by atoms with Crippen LogP contribution in [0.5, 0.6) is 0 Å². The number of carbonyl (C=O) groups is 1. The summed E-state index contributed by atoms with van der Waals surface area (Å²) in [7, 11) is 0. The van der Waals surface area contributed by atoms with E-state index in [0.717, 1.165) is 17.5 Å². The van der Waals surface area contributed by atoms with Gasteiger partial charge in [-0.3, -0.25) is 4.79 Å². The number of fused-ring (bicyclic) bond motifs is 1. The van der Waals surface area contributed by atoms with Crippen molar-refractivity contribution in [3.8, 4) is 0 Å². The Hall–Kier alpha value is -0.770. The van der Waals surface area contributed by atoms with E-state index in [4.69, 9.17) is 0 Å². The molecule has 0 saturated carbocycles. The molecule has 0 amide bonds. The number of nitrogens with zero attached hydrogens (tertiary/aromatic N) is 2. The molecular weight excluding hydrogens is 172 g/mol. The highest BCUT2D eigenvalue weighted by Crippen LogP contribution is 2.23. The summed E-state index contributed by atoms with van der Waals surface area (Å²) in [5, 5.41) is 0.992. The number of imidazole rings is 1. The summed E-state index contributed by atoms with van der Waals surface area (Å²) in [4.78, 5) is 15.2. The topological polar surface area (TPSA) is 34.9 Å². The third-order valence-electron chi connectivity index (χ3n) is 1.88. The normalized spacial score (nSPS) is 15.8. The van der Waals surface area contributed by atoms with Gasteiger partial charge in [0.2, 0.25) is 0 Å². The summed E-state index contributed by atoms with van der Waals surface area (Å²) in [6.45, 7) is 2.56. The Bertz CT molecular complexity index is 295. The Morgan fingerprint density at radius 2 is 2.58 bits per heavy atom. The zero-order valence-electron chi connectivity index (χ0n) is 6.91. The molecule has 2 rings (SSSR count). The van der Waals surface area contributed by atoms with Gasteiger partial charge in [0.1, 0.15) is 5.69 Å². The van der Waals surface area contributed by atoms with Gasteiger partial charge in [-0.15, -0.1) is 0 Å². The third kappa shape index (κ3) is 1.27. The first-order valence-electron chi connectivity index (χ1n) is 3.98. The largest absolute Gasteiger partial charge is 0.325 e. The molecule has 1 aromatic heterocycles. The Morgan fingerprint density at radius 1 is 1.75 bits per heavy atom. The van der Waals surface area contributed by atoms with Crippen LogP contribution >= 0.6 is 11.8 Å². The summed E-state index contributed by atoms with van der Waals surface area (Å²) in [5.74, 6) is 1.17. The van der Waals surface area contributed by atoms with Crippen LogP contribution < -0.4 is 0 Å². The van der Waals surface area contributed by atoms with Crippen LogP contribution in [0.3, 0.4) is 0 Å². The zero-order chi connectivity index (χ0) is 8.55. The third-order valence-corrected chi connectivity index (χ3v) is 2.95. The van der Waals surface area contributed by atoms with Gasteiger partial charge in [-0.25, -0.2) is 4.98 Å². The molecule has 0 radical (unpaired) electrons. The van der Waals surface area contributed by atoms with E-state index < -0.39 is 0 Å². The Morgan fingerprint density at radius 3 is 3.25 bits per heavy atom. The molecule has 0 aliphatic carbocycles.